The normalized spacial score (nSPS) is 22.4. The van der Waals surface area contributed by atoms with Gasteiger partial charge in [0.15, 0.2) is 0 Å². The third-order valence-corrected chi connectivity index (χ3v) is 9.11. The van der Waals surface area contributed by atoms with Gasteiger partial charge in [0.1, 0.15) is 16.7 Å². The molecule has 1 aliphatic heterocycles. The van der Waals surface area contributed by atoms with E-state index in [0.717, 1.165) is 51.5 Å². The van der Waals surface area contributed by atoms with Crippen molar-refractivity contribution in [1.82, 2.24) is 24.9 Å². The maximum absolute atomic E-state index is 14.2. The quantitative estimate of drug-likeness (QED) is 0.420. The molecule has 3 atom stereocenters. The molecule has 176 valence electrons. The van der Waals surface area contributed by atoms with Gasteiger partial charge in [0.05, 0.1) is 33.4 Å². The van der Waals surface area contributed by atoms with Gasteiger partial charge >= 0.3 is 0 Å². The smallest absolute Gasteiger partial charge is 0.248 e. The van der Waals surface area contributed by atoms with Crippen LogP contribution >= 0.6 is 22.7 Å². The first-order valence-electron chi connectivity index (χ1n) is 12.0. The molecule has 6 rings (SSSR count). The van der Waals surface area contributed by atoms with Crippen molar-refractivity contribution in [2.45, 2.75) is 56.7 Å². The average molecular weight is 494 g/mol. The molecule has 2 aliphatic rings. The van der Waals surface area contributed by atoms with Crippen molar-refractivity contribution in [2.75, 3.05) is 6.54 Å². The van der Waals surface area contributed by atoms with Gasteiger partial charge < -0.3 is 10.0 Å². The van der Waals surface area contributed by atoms with Gasteiger partial charge in [-0.15, -0.1) is 27.8 Å². The van der Waals surface area contributed by atoms with Crippen LogP contribution in [0.3, 0.4) is 0 Å². The van der Waals surface area contributed by atoms with Gasteiger partial charge in [-0.3, -0.25) is 4.79 Å². The zero-order chi connectivity index (χ0) is 23.1. The number of aliphatic hydroxyl groups is 1. The van der Waals surface area contributed by atoms with Gasteiger partial charge in [0.2, 0.25) is 5.91 Å². The van der Waals surface area contributed by atoms with Gasteiger partial charge in [-0.25, -0.2) is 9.67 Å². The van der Waals surface area contributed by atoms with Gasteiger partial charge in [-0.05, 0) is 42.3 Å². The van der Waals surface area contributed by atoms with Crippen molar-refractivity contribution in [3.8, 4) is 10.6 Å². The maximum Gasteiger partial charge on any atom is 0.248 e. The maximum atomic E-state index is 14.2. The van der Waals surface area contributed by atoms with Gasteiger partial charge in [0.25, 0.3) is 0 Å². The Bertz CT molecular complexity index is 1240. The summed E-state index contributed by atoms with van der Waals surface area (Å²) in [6.45, 7) is 0.328. The Morgan fingerprint density at radius 2 is 1.97 bits per heavy atom. The number of carbonyl (C=O) groups is 1. The fraction of sp³-hybridized carbons (Fsp3) is 0.440. The number of thiazole rings is 1. The molecule has 1 saturated heterocycles. The molecule has 1 aliphatic carbocycles. The van der Waals surface area contributed by atoms with Gasteiger partial charge in [-0.2, -0.15) is 0 Å². The molecule has 1 saturated carbocycles. The highest BCUT2D eigenvalue weighted by atomic mass is 32.1. The van der Waals surface area contributed by atoms with Gasteiger partial charge in [0, 0.05) is 13.0 Å². The minimum absolute atomic E-state index is 0.0235. The summed E-state index contributed by atoms with van der Waals surface area (Å²) in [7, 11) is 0. The lowest BCUT2D eigenvalue weighted by Gasteiger charge is -2.33. The van der Waals surface area contributed by atoms with E-state index in [1.54, 1.807) is 27.4 Å². The van der Waals surface area contributed by atoms with Crippen molar-refractivity contribution in [1.29, 1.82) is 0 Å². The van der Waals surface area contributed by atoms with E-state index in [1.807, 2.05) is 46.8 Å². The molecule has 2 fully saturated rings. The average Bonchev–Trinajstić information content (AvgIpc) is 3.65. The van der Waals surface area contributed by atoms with Crippen LogP contribution in [0.2, 0.25) is 0 Å². The third-order valence-electron chi connectivity index (χ3n) is 7.08. The van der Waals surface area contributed by atoms with E-state index in [1.165, 1.54) is 6.42 Å². The zero-order valence-electron chi connectivity index (χ0n) is 18.8. The summed E-state index contributed by atoms with van der Waals surface area (Å²) in [5.74, 6) is 0.239. The van der Waals surface area contributed by atoms with Crippen LogP contribution < -0.4 is 0 Å². The molecule has 9 heteroatoms. The molecule has 1 N–H and O–H groups in total. The van der Waals surface area contributed by atoms with Crippen molar-refractivity contribution >= 4 is 38.8 Å². The monoisotopic (exact) mass is 493 g/mol. The Morgan fingerprint density at radius 3 is 2.76 bits per heavy atom. The summed E-state index contributed by atoms with van der Waals surface area (Å²) in [6, 6.07) is 11.4. The molecular weight excluding hydrogens is 466 g/mol. The molecule has 0 radical (unpaired) electrons. The fourth-order valence-electron chi connectivity index (χ4n) is 5.42. The van der Waals surface area contributed by atoms with Crippen LogP contribution in [0.5, 0.6) is 0 Å². The number of hydrogen-bond acceptors (Lipinski definition) is 7. The number of nitrogens with zero attached hydrogens (tertiary/aromatic N) is 5. The summed E-state index contributed by atoms with van der Waals surface area (Å²) in [5, 5.41) is 22.4. The highest BCUT2D eigenvalue weighted by Gasteiger charge is 2.43. The Balaban J connectivity index is 1.35. The predicted molar refractivity (Wildman–Crippen MR) is 134 cm³/mol. The number of aromatic nitrogens is 4. The lowest BCUT2D eigenvalue weighted by molar-refractivity contribution is -0.138. The number of aliphatic hydroxyl groups excluding tert-OH is 1. The van der Waals surface area contributed by atoms with E-state index >= 15 is 0 Å². The molecule has 1 aromatic carbocycles. The lowest BCUT2D eigenvalue weighted by atomic mass is 9.83. The Kier molecular flexibility index (Phi) is 5.92. The molecule has 0 spiro atoms. The minimum Gasteiger partial charge on any atom is -0.391 e. The predicted octanol–water partition coefficient (Wildman–Crippen LogP) is 5.07. The Morgan fingerprint density at radius 1 is 1.12 bits per heavy atom. The highest BCUT2D eigenvalue weighted by Crippen LogP contribution is 2.41. The van der Waals surface area contributed by atoms with E-state index in [2.05, 4.69) is 16.4 Å². The third kappa shape index (κ3) is 4.06. The second-order valence-corrected chi connectivity index (χ2v) is 11.3. The van der Waals surface area contributed by atoms with Crippen molar-refractivity contribution in [2.24, 2.45) is 5.92 Å². The highest BCUT2D eigenvalue weighted by molar-refractivity contribution is 7.18. The fourth-order valence-corrected chi connectivity index (χ4v) is 7.19. The number of rotatable bonds is 5. The van der Waals surface area contributed by atoms with Crippen LogP contribution in [0.1, 0.15) is 55.6 Å². The van der Waals surface area contributed by atoms with E-state index in [-0.39, 0.29) is 17.9 Å². The molecule has 7 nitrogen and oxygen atoms in total. The number of carbonyl (C=O) groups excluding carboxylic acids is 1. The van der Waals surface area contributed by atoms with Crippen LogP contribution in [0.15, 0.2) is 48.0 Å². The van der Waals surface area contributed by atoms with Crippen LogP contribution in [0.4, 0.5) is 0 Å². The number of β-amino-alcohol motifs (C(OH)–C–C–N with tert-alkyl or cyclic N) is 1. The van der Waals surface area contributed by atoms with Crippen molar-refractivity contribution in [3.63, 3.8) is 0 Å². The summed E-state index contributed by atoms with van der Waals surface area (Å²) < 4.78 is 2.89. The number of benzene rings is 1. The number of thiophene rings is 1. The first-order valence-corrected chi connectivity index (χ1v) is 13.7. The number of amides is 1. The van der Waals surface area contributed by atoms with Gasteiger partial charge in [-0.1, -0.05) is 42.7 Å². The largest absolute Gasteiger partial charge is 0.391 e. The van der Waals surface area contributed by atoms with Crippen LogP contribution in [-0.2, 0) is 4.79 Å². The van der Waals surface area contributed by atoms with Crippen LogP contribution in [0, 0.1) is 5.92 Å². The number of para-hydroxylation sites is 1. The molecule has 1 amide bonds. The molecule has 4 aromatic rings. The molecular formula is C25H27N5O2S2. The number of likely N-dealkylation sites (tertiary alicyclic amines) is 1. The first-order chi connectivity index (χ1) is 16.7. The second kappa shape index (κ2) is 9.20. The summed E-state index contributed by atoms with van der Waals surface area (Å²) in [5.41, 5.74) is 1.74. The Labute approximate surface area is 206 Å². The van der Waals surface area contributed by atoms with E-state index in [9.17, 15) is 9.90 Å². The molecule has 3 aromatic heterocycles. The van der Waals surface area contributed by atoms with Crippen molar-refractivity contribution in [3.05, 3.63) is 53.0 Å². The Hall–Kier alpha value is -2.62. The van der Waals surface area contributed by atoms with E-state index < -0.39 is 12.1 Å². The molecule has 0 bridgehead atoms. The minimum atomic E-state index is -0.551. The number of hydrogen-bond donors (Lipinski definition) is 1. The molecule has 34 heavy (non-hydrogen) atoms. The second-order valence-electron chi connectivity index (χ2n) is 9.32. The van der Waals surface area contributed by atoms with E-state index in [4.69, 9.17) is 4.98 Å². The van der Waals surface area contributed by atoms with Crippen LogP contribution in [0.25, 0.3) is 20.8 Å². The zero-order valence-corrected chi connectivity index (χ0v) is 20.4. The number of fused-ring (bicyclic) bond motifs is 1. The SMILES string of the molecule is O=C(C(C1CCCCC1)n1cc(-c2cccs2)nn1)N1CC(O)CC1c1nc2ccccc2s1. The molecule has 4 heterocycles. The topological polar surface area (TPSA) is 84.1 Å². The molecule has 3 unspecified atom stereocenters. The van der Waals surface area contributed by atoms with Crippen LogP contribution in [-0.4, -0.2) is 48.5 Å². The van der Waals surface area contributed by atoms with E-state index in [0.29, 0.717) is 13.0 Å². The standard InChI is InChI=1S/C25H27N5O2S2/c31-17-13-20(24-26-18-9-4-5-10-22(18)34-24)29(14-17)25(32)23(16-7-2-1-3-8-16)30-15-19(27-28-30)21-11-6-12-33-21/h4-6,9-12,15-17,20,23,31H,1-3,7-8,13-14H2. The summed E-state index contributed by atoms with van der Waals surface area (Å²) in [4.78, 5) is 21.9. The lowest BCUT2D eigenvalue weighted by Crippen LogP contribution is -2.41. The summed E-state index contributed by atoms with van der Waals surface area (Å²) in [6.07, 6.45) is 7.37. The van der Waals surface area contributed by atoms with Crippen molar-refractivity contribution < 1.29 is 9.90 Å². The summed E-state index contributed by atoms with van der Waals surface area (Å²) >= 11 is 3.23. The first kappa shape index (κ1) is 21.9.